The molecule has 0 spiro atoms. The maximum atomic E-state index is 6.75. The number of rotatable bonds is 6. The summed E-state index contributed by atoms with van der Waals surface area (Å²) in [5, 5.41) is 2.16. The number of hydrogen-bond acceptors (Lipinski definition) is 3. The maximum Gasteiger partial charge on any atom is 0.143 e. The lowest BCUT2D eigenvalue weighted by Crippen LogP contribution is -2.15. The fourth-order valence-corrected chi connectivity index (χ4v) is 8.74. The molecule has 11 rings (SSSR count). The molecule has 0 saturated carbocycles. The molecule has 8 aromatic rings. The largest absolute Gasteiger partial charge is 0.485 e. The molecule has 1 aromatic heterocycles. The first kappa shape index (κ1) is 31.7. The molecule has 2 aliphatic carbocycles. The number of ether oxygens (including phenoxy) is 1. The van der Waals surface area contributed by atoms with Crippen molar-refractivity contribution < 1.29 is 9.15 Å². The van der Waals surface area contributed by atoms with Gasteiger partial charge in [0.25, 0.3) is 0 Å². The summed E-state index contributed by atoms with van der Waals surface area (Å²) in [5.74, 6) is 1.09. The van der Waals surface area contributed by atoms with Gasteiger partial charge in [-0.1, -0.05) is 127 Å². The second-order valence-electron chi connectivity index (χ2n) is 14.7. The highest BCUT2D eigenvalue weighted by Gasteiger charge is 2.36. The fourth-order valence-electron chi connectivity index (χ4n) is 8.74. The van der Waals surface area contributed by atoms with Crippen LogP contribution in [0.25, 0.3) is 61.4 Å². The summed E-state index contributed by atoms with van der Waals surface area (Å²) in [6.45, 7) is 0. The summed E-state index contributed by atoms with van der Waals surface area (Å²) in [7, 11) is 0. The third-order valence-electron chi connectivity index (χ3n) is 11.5. The molecule has 55 heavy (non-hydrogen) atoms. The van der Waals surface area contributed by atoms with E-state index >= 15 is 0 Å². The molecule has 262 valence electrons. The number of fused-ring (bicyclic) bond motifs is 7. The van der Waals surface area contributed by atoms with Crippen LogP contribution >= 0.6 is 0 Å². The van der Waals surface area contributed by atoms with Gasteiger partial charge in [-0.15, -0.1) is 0 Å². The lowest BCUT2D eigenvalue weighted by Gasteiger charge is -2.27. The van der Waals surface area contributed by atoms with E-state index < -0.39 is 0 Å². The van der Waals surface area contributed by atoms with Crippen molar-refractivity contribution in [2.45, 2.75) is 24.9 Å². The van der Waals surface area contributed by atoms with Crippen LogP contribution in [0.4, 0.5) is 17.1 Å². The summed E-state index contributed by atoms with van der Waals surface area (Å²) in [5.41, 5.74) is 16.0. The van der Waals surface area contributed by atoms with Gasteiger partial charge in [-0.2, -0.15) is 0 Å². The summed E-state index contributed by atoms with van der Waals surface area (Å²) in [6.07, 6.45) is 15.3. The minimum Gasteiger partial charge on any atom is -0.485 e. The minimum absolute atomic E-state index is 0.00607. The van der Waals surface area contributed by atoms with Gasteiger partial charge in [0, 0.05) is 44.9 Å². The predicted octanol–water partition coefficient (Wildman–Crippen LogP) is 14.0. The molecule has 2 heterocycles. The summed E-state index contributed by atoms with van der Waals surface area (Å²) < 4.78 is 13.3. The molecule has 0 fully saturated rings. The SMILES string of the molecule is C1=CC2Oc3cc4c(oc5ccc(-c6ccc(N(c7ccc(-c8ccccc8)cc7)c7ccc8c(c7)C=CCC8)cc6)cc54)c(-c4ccccc4)c3C2C=C1. The number of nitrogens with zero attached hydrogens (tertiary/aromatic N) is 1. The lowest BCUT2D eigenvalue weighted by atomic mass is 9.85. The van der Waals surface area contributed by atoms with Crippen molar-refractivity contribution in [2.75, 3.05) is 4.90 Å². The first-order chi connectivity index (χ1) is 27.2. The van der Waals surface area contributed by atoms with E-state index in [0.29, 0.717) is 0 Å². The van der Waals surface area contributed by atoms with Crippen molar-refractivity contribution in [1.82, 2.24) is 0 Å². The van der Waals surface area contributed by atoms with E-state index in [1.54, 1.807) is 0 Å². The number of furan rings is 1. The highest BCUT2D eigenvalue weighted by atomic mass is 16.5. The number of benzene rings is 7. The first-order valence-corrected chi connectivity index (χ1v) is 19.2. The monoisotopic (exact) mass is 707 g/mol. The quantitative estimate of drug-likeness (QED) is 0.172. The van der Waals surface area contributed by atoms with E-state index in [1.807, 2.05) is 0 Å². The minimum atomic E-state index is -0.00607. The van der Waals surface area contributed by atoms with Gasteiger partial charge >= 0.3 is 0 Å². The molecule has 3 nitrogen and oxygen atoms in total. The second kappa shape index (κ2) is 12.9. The van der Waals surface area contributed by atoms with Crippen molar-refractivity contribution in [3.05, 3.63) is 199 Å². The van der Waals surface area contributed by atoms with Crippen LogP contribution in [0.3, 0.4) is 0 Å². The Bertz CT molecular complexity index is 2830. The van der Waals surface area contributed by atoms with Crippen molar-refractivity contribution in [2.24, 2.45) is 0 Å². The van der Waals surface area contributed by atoms with Gasteiger partial charge in [0.15, 0.2) is 0 Å². The summed E-state index contributed by atoms with van der Waals surface area (Å²) in [4.78, 5) is 2.36. The molecule has 3 aliphatic rings. The van der Waals surface area contributed by atoms with E-state index in [0.717, 1.165) is 79.8 Å². The Morgan fingerprint density at radius 3 is 1.96 bits per heavy atom. The Morgan fingerprint density at radius 1 is 0.545 bits per heavy atom. The van der Waals surface area contributed by atoms with Gasteiger partial charge in [-0.05, 0) is 112 Å². The van der Waals surface area contributed by atoms with Crippen LogP contribution in [0, 0.1) is 0 Å². The zero-order valence-corrected chi connectivity index (χ0v) is 30.2. The van der Waals surface area contributed by atoms with Crippen molar-refractivity contribution in [1.29, 1.82) is 0 Å². The molecule has 2 atom stereocenters. The van der Waals surface area contributed by atoms with Gasteiger partial charge in [0.05, 0.1) is 0 Å². The Labute approximate surface area is 320 Å². The molecule has 0 N–H and O–H groups in total. The number of allylic oxidation sites excluding steroid dienone is 3. The van der Waals surface area contributed by atoms with Crippen LogP contribution < -0.4 is 9.64 Å². The average Bonchev–Trinajstić information content (AvgIpc) is 3.81. The van der Waals surface area contributed by atoms with Gasteiger partial charge in [0.2, 0.25) is 0 Å². The van der Waals surface area contributed by atoms with E-state index in [9.17, 15) is 0 Å². The molecule has 0 bridgehead atoms. The van der Waals surface area contributed by atoms with Gasteiger partial charge < -0.3 is 14.1 Å². The van der Waals surface area contributed by atoms with Crippen LogP contribution in [-0.2, 0) is 6.42 Å². The van der Waals surface area contributed by atoms with Gasteiger partial charge in [-0.25, -0.2) is 0 Å². The van der Waals surface area contributed by atoms with Crippen LogP contribution in [0.2, 0.25) is 0 Å². The average molecular weight is 708 g/mol. The zero-order valence-electron chi connectivity index (χ0n) is 30.2. The molecule has 7 aromatic carbocycles. The van der Waals surface area contributed by atoms with Gasteiger partial charge in [0.1, 0.15) is 23.0 Å². The van der Waals surface area contributed by atoms with Crippen molar-refractivity contribution >= 4 is 45.1 Å². The molecular weight excluding hydrogens is 671 g/mol. The van der Waals surface area contributed by atoms with Crippen LogP contribution in [0.15, 0.2) is 186 Å². The Hall–Kier alpha value is -6.84. The highest BCUT2D eigenvalue weighted by molar-refractivity contribution is 6.12. The smallest absolute Gasteiger partial charge is 0.143 e. The number of anilines is 3. The lowest BCUT2D eigenvalue weighted by molar-refractivity contribution is 0.269. The third-order valence-corrected chi connectivity index (χ3v) is 11.5. The molecule has 0 saturated heterocycles. The van der Waals surface area contributed by atoms with Crippen LogP contribution in [0.5, 0.6) is 5.75 Å². The zero-order chi connectivity index (χ0) is 36.3. The fraction of sp³-hybridized carbons (Fsp3) is 0.0769. The van der Waals surface area contributed by atoms with Crippen LogP contribution in [0.1, 0.15) is 29.0 Å². The molecule has 0 amide bonds. The Balaban J connectivity index is 0.996. The predicted molar refractivity (Wildman–Crippen MR) is 228 cm³/mol. The normalized spacial score (nSPS) is 16.5. The van der Waals surface area contributed by atoms with E-state index in [4.69, 9.17) is 9.15 Å². The van der Waals surface area contributed by atoms with Gasteiger partial charge in [-0.3, -0.25) is 0 Å². The number of aryl methyl sites for hydroxylation is 1. The third kappa shape index (κ3) is 5.42. The molecule has 2 unspecified atom stereocenters. The second-order valence-corrected chi connectivity index (χ2v) is 14.7. The molecule has 3 heteroatoms. The standard InChI is InChI=1S/C52H37NO2/c1-3-11-34(12-4-1)36-19-25-41(26-20-36)53(43-29-23-35-13-7-8-16-39(35)31-43)42-27-21-37(22-28-42)40-24-30-48-45(32-40)46-33-49-51(44-17-9-10-18-47(44)54-49)50(52(46)55-48)38-14-5-2-6-15-38/h1-6,8-12,14-33,44,47H,7,13H2. The molecule has 1 aliphatic heterocycles. The van der Waals surface area contributed by atoms with E-state index in [-0.39, 0.29) is 12.0 Å². The number of hydrogen-bond donors (Lipinski definition) is 0. The summed E-state index contributed by atoms with van der Waals surface area (Å²) in [6, 6.07) is 54.7. The maximum absolute atomic E-state index is 6.75. The Kier molecular flexibility index (Phi) is 7.44. The first-order valence-electron chi connectivity index (χ1n) is 19.2. The van der Waals surface area contributed by atoms with E-state index in [1.165, 1.54) is 27.8 Å². The van der Waals surface area contributed by atoms with E-state index in [2.05, 4.69) is 193 Å². The molecular formula is C52H37NO2. The Morgan fingerprint density at radius 2 is 1.20 bits per heavy atom. The topological polar surface area (TPSA) is 25.6 Å². The highest BCUT2D eigenvalue weighted by Crippen LogP contribution is 2.51. The van der Waals surface area contributed by atoms with Crippen molar-refractivity contribution in [3.8, 4) is 39.1 Å². The molecule has 0 radical (unpaired) electrons. The van der Waals surface area contributed by atoms with Crippen LogP contribution in [-0.4, -0.2) is 6.10 Å². The summed E-state index contributed by atoms with van der Waals surface area (Å²) >= 11 is 0. The van der Waals surface area contributed by atoms with Crippen molar-refractivity contribution in [3.63, 3.8) is 0 Å².